The summed E-state index contributed by atoms with van der Waals surface area (Å²) < 4.78 is 5.34. The highest BCUT2D eigenvalue weighted by Crippen LogP contribution is 2.66. The van der Waals surface area contributed by atoms with Crippen LogP contribution in [0.1, 0.15) is 89.7 Å². The number of rotatable bonds is 4. The summed E-state index contributed by atoms with van der Waals surface area (Å²) in [6, 6.07) is 3.02. The summed E-state index contributed by atoms with van der Waals surface area (Å²) >= 11 is 0. The molecule has 2 fully saturated rings. The molecule has 0 amide bonds. The molecule has 2 saturated carbocycles. The third-order valence-electron chi connectivity index (χ3n) is 10.1. The smallest absolute Gasteiger partial charge is 0.310 e. The molecule has 0 aromatic heterocycles. The number of carbonyl (C=O) groups is 6. The second-order valence-corrected chi connectivity index (χ2v) is 14.0. The average Bonchev–Trinajstić information content (AvgIpc) is 2.84. The van der Waals surface area contributed by atoms with Gasteiger partial charge in [0.05, 0.1) is 24.0 Å². The van der Waals surface area contributed by atoms with E-state index in [2.05, 4.69) is 0 Å². The van der Waals surface area contributed by atoms with Crippen LogP contribution >= 0.6 is 0 Å². The summed E-state index contributed by atoms with van der Waals surface area (Å²) in [7, 11) is 0. The number of hydrogen-bond donors (Lipinski definition) is 3. The van der Waals surface area contributed by atoms with Gasteiger partial charge in [-0.1, -0.05) is 46.8 Å². The van der Waals surface area contributed by atoms with Crippen LogP contribution in [0.15, 0.2) is 12.1 Å². The molecule has 4 rings (SSSR count). The van der Waals surface area contributed by atoms with Gasteiger partial charge in [-0.25, -0.2) is 0 Å². The Hall–Kier alpha value is -3.24. The number of fused-ring (bicyclic) bond motifs is 3. The molecule has 0 spiro atoms. The van der Waals surface area contributed by atoms with Gasteiger partial charge in [0, 0.05) is 22.3 Å². The van der Waals surface area contributed by atoms with Gasteiger partial charge in [-0.05, 0) is 45.1 Å². The second kappa shape index (κ2) is 9.64. The first-order chi connectivity index (χ1) is 19.1. The van der Waals surface area contributed by atoms with Gasteiger partial charge in [0.15, 0.2) is 28.7 Å². The van der Waals surface area contributed by atoms with E-state index in [-0.39, 0.29) is 17.5 Å². The number of phenols is 1. The molecule has 3 N–H and O–H groups in total. The van der Waals surface area contributed by atoms with E-state index in [1.54, 1.807) is 47.6 Å². The van der Waals surface area contributed by atoms with Crippen molar-refractivity contribution in [2.75, 3.05) is 0 Å². The molecule has 3 unspecified atom stereocenters. The standard InChI is InChI=1S/C32H40O10/c1-13(2)21-24(36)19(15(4)33)26(38)32(41)27(39)22-25(37)20-17(14(3)30(22,8)28(40)31(21,32)9)11-10-16(23(20)35)12-18(34)42-29(5,6)7/h10-11,13-14,19,21-22,28,35,40-41H,12H2,1-9H3/t14-,19?,21?,22?,28-,30+,31+,32+/m1/s1. The van der Waals surface area contributed by atoms with E-state index in [1.807, 2.05) is 0 Å². The molecule has 0 saturated heterocycles. The molecule has 10 nitrogen and oxygen atoms in total. The highest BCUT2D eigenvalue weighted by molar-refractivity contribution is 6.33. The molecular formula is C32H40O10. The van der Waals surface area contributed by atoms with Gasteiger partial charge in [0.25, 0.3) is 0 Å². The molecule has 1 aromatic carbocycles. The molecule has 0 radical (unpaired) electrons. The maximum Gasteiger partial charge on any atom is 0.310 e. The summed E-state index contributed by atoms with van der Waals surface area (Å²) in [5.41, 5.74) is -7.36. The van der Waals surface area contributed by atoms with Crippen LogP contribution in [0.2, 0.25) is 0 Å². The van der Waals surface area contributed by atoms with Crippen molar-refractivity contribution in [2.45, 2.75) is 92.0 Å². The molecule has 10 heteroatoms. The Kier molecular flexibility index (Phi) is 7.27. The molecule has 8 atom stereocenters. The fraction of sp³-hybridized carbons (Fsp3) is 0.625. The zero-order valence-electron chi connectivity index (χ0n) is 25.5. The Morgan fingerprint density at radius 2 is 1.62 bits per heavy atom. The summed E-state index contributed by atoms with van der Waals surface area (Å²) in [4.78, 5) is 81.1. The normalized spacial score (nSPS) is 36.3. The average molecular weight is 585 g/mol. The van der Waals surface area contributed by atoms with E-state index in [0.717, 1.165) is 6.92 Å². The number of Topliss-reactive ketones (excluding diaryl/α,β-unsaturated/α-hetero) is 5. The van der Waals surface area contributed by atoms with Crippen LogP contribution in [0.3, 0.4) is 0 Å². The first-order valence-corrected chi connectivity index (χ1v) is 14.2. The zero-order chi connectivity index (χ0) is 32.1. The monoisotopic (exact) mass is 584 g/mol. The third-order valence-corrected chi connectivity index (χ3v) is 10.1. The van der Waals surface area contributed by atoms with Crippen molar-refractivity contribution in [3.63, 3.8) is 0 Å². The van der Waals surface area contributed by atoms with Crippen molar-refractivity contribution in [3.05, 3.63) is 28.8 Å². The van der Waals surface area contributed by atoms with Crippen LogP contribution in [-0.2, 0) is 35.1 Å². The van der Waals surface area contributed by atoms with Crippen molar-refractivity contribution in [3.8, 4) is 5.75 Å². The number of ketones is 5. The number of phenolic OH excluding ortho intramolecular Hbond substituents is 1. The number of benzene rings is 1. The first-order valence-electron chi connectivity index (χ1n) is 14.2. The molecule has 0 bridgehead atoms. The van der Waals surface area contributed by atoms with Crippen molar-refractivity contribution < 1.29 is 48.8 Å². The number of ether oxygens (including phenoxy) is 1. The van der Waals surface area contributed by atoms with Gasteiger partial charge >= 0.3 is 5.97 Å². The maximum atomic E-state index is 14.4. The number of aliphatic hydroxyl groups excluding tert-OH is 1. The Bertz CT molecular complexity index is 1430. The Morgan fingerprint density at radius 1 is 1.05 bits per heavy atom. The van der Waals surface area contributed by atoms with E-state index in [1.165, 1.54) is 19.9 Å². The fourth-order valence-corrected chi connectivity index (χ4v) is 8.07. The Labute approximate surface area is 244 Å². The molecular weight excluding hydrogens is 544 g/mol. The van der Waals surface area contributed by atoms with Crippen molar-refractivity contribution in [2.24, 2.45) is 34.5 Å². The topological polar surface area (TPSA) is 172 Å². The van der Waals surface area contributed by atoms with E-state index in [4.69, 9.17) is 4.74 Å². The number of aliphatic hydroxyl groups is 2. The molecule has 3 aliphatic rings. The molecule has 42 heavy (non-hydrogen) atoms. The lowest BCUT2D eigenvalue weighted by molar-refractivity contribution is -0.240. The number of hydrogen-bond acceptors (Lipinski definition) is 10. The van der Waals surface area contributed by atoms with Crippen LogP contribution in [0.4, 0.5) is 0 Å². The number of esters is 1. The van der Waals surface area contributed by atoms with Gasteiger partial charge in [-0.3, -0.25) is 28.8 Å². The lowest BCUT2D eigenvalue weighted by atomic mass is 9.37. The van der Waals surface area contributed by atoms with Crippen LogP contribution in [-0.4, -0.2) is 67.5 Å². The van der Waals surface area contributed by atoms with E-state index in [0.29, 0.717) is 5.56 Å². The molecule has 3 aliphatic carbocycles. The molecule has 1 aromatic rings. The van der Waals surface area contributed by atoms with Gasteiger partial charge in [-0.15, -0.1) is 0 Å². The molecule has 0 heterocycles. The van der Waals surface area contributed by atoms with Crippen molar-refractivity contribution in [1.29, 1.82) is 0 Å². The summed E-state index contributed by atoms with van der Waals surface area (Å²) in [5, 5.41) is 35.5. The second-order valence-electron chi connectivity index (χ2n) is 14.0. The maximum absolute atomic E-state index is 14.4. The molecule has 228 valence electrons. The van der Waals surface area contributed by atoms with Crippen molar-refractivity contribution >= 4 is 34.9 Å². The first kappa shape index (κ1) is 31.7. The van der Waals surface area contributed by atoms with Crippen LogP contribution < -0.4 is 0 Å². The van der Waals surface area contributed by atoms with Gasteiger partial charge in [0.1, 0.15) is 23.1 Å². The highest BCUT2D eigenvalue weighted by Gasteiger charge is 2.80. The zero-order valence-corrected chi connectivity index (χ0v) is 25.5. The summed E-state index contributed by atoms with van der Waals surface area (Å²) in [6.45, 7) is 13.8. The van der Waals surface area contributed by atoms with Crippen molar-refractivity contribution in [1.82, 2.24) is 0 Å². The Morgan fingerprint density at radius 3 is 2.12 bits per heavy atom. The van der Waals surface area contributed by atoms with E-state index < -0.39 is 98.4 Å². The minimum absolute atomic E-state index is 0.0790. The van der Waals surface area contributed by atoms with E-state index in [9.17, 15) is 44.1 Å². The van der Waals surface area contributed by atoms with Crippen LogP contribution in [0.25, 0.3) is 0 Å². The van der Waals surface area contributed by atoms with Gasteiger partial charge in [0.2, 0.25) is 0 Å². The number of carbonyl (C=O) groups excluding carboxylic acids is 6. The number of aromatic hydroxyl groups is 1. The SMILES string of the molecule is CC(=O)C1C(=O)C(C(C)C)[C@@]2(C)[C@H](O)[C@]3(C)C(C(=O)c4c(ccc(CC(=O)OC(C)(C)C)c4O)[C@H]3C)C(=O)[C@@]2(O)C1=O. The lowest BCUT2D eigenvalue weighted by Gasteiger charge is -2.65. The Balaban J connectivity index is 1.95. The third kappa shape index (κ3) is 3.90. The summed E-state index contributed by atoms with van der Waals surface area (Å²) in [5.74, 6) is -12.7. The van der Waals surface area contributed by atoms with E-state index >= 15 is 0 Å². The van der Waals surface area contributed by atoms with Crippen LogP contribution in [0.5, 0.6) is 5.75 Å². The molecule has 0 aliphatic heterocycles. The predicted molar refractivity (Wildman–Crippen MR) is 149 cm³/mol. The van der Waals surface area contributed by atoms with Gasteiger partial charge < -0.3 is 20.1 Å². The predicted octanol–water partition coefficient (Wildman–Crippen LogP) is 2.51. The highest BCUT2D eigenvalue weighted by atomic mass is 16.6. The lowest BCUT2D eigenvalue weighted by Crippen LogP contribution is -2.81. The minimum Gasteiger partial charge on any atom is -0.507 e. The summed E-state index contributed by atoms with van der Waals surface area (Å²) in [6.07, 6.45) is -2.10. The van der Waals surface area contributed by atoms with Crippen LogP contribution in [0, 0.1) is 34.5 Å². The minimum atomic E-state index is -3.04. The van der Waals surface area contributed by atoms with Gasteiger partial charge in [-0.2, -0.15) is 0 Å². The quantitative estimate of drug-likeness (QED) is 0.353. The fourth-order valence-electron chi connectivity index (χ4n) is 8.07. The largest absolute Gasteiger partial charge is 0.507 e.